The smallest absolute Gasteiger partial charge is 0.217 e. The molecule has 1 saturated carbocycles. The van der Waals surface area contributed by atoms with Gasteiger partial charge in [0.1, 0.15) is 5.78 Å². The third kappa shape index (κ3) is 1.91. The van der Waals surface area contributed by atoms with Gasteiger partial charge in [-0.15, -0.1) is 0 Å². The van der Waals surface area contributed by atoms with Gasteiger partial charge in [-0.25, -0.2) is 8.42 Å². The van der Waals surface area contributed by atoms with Crippen LogP contribution in [-0.2, 0) is 14.8 Å². The Morgan fingerprint density at radius 1 is 1.31 bits per heavy atom. The number of rotatable bonds is 2. The van der Waals surface area contributed by atoms with Crippen LogP contribution in [0.2, 0.25) is 0 Å². The molecule has 0 radical (unpaired) electrons. The van der Waals surface area contributed by atoms with Crippen LogP contribution >= 0.6 is 0 Å². The molecule has 0 amide bonds. The van der Waals surface area contributed by atoms with Crippen LogP contribution in [0, 0.1) is 0 Å². The highest BCUT2D eigenvalue weighted by Gasteiger charge is 2.45. The second kappa shape index (κ2) is 3.81. The summed E-state index contributed by atoms with van der Waals surface area (Å²) in [5.41, 5.74) is -0.400. The van der Waals surface area contributed by atoms with Crippen molar-refractivity contribution in [2.75, 3.05) is 6.54 Å². The van der Waals surface area contributed by atoms with Crippen LogP contribution in [0.15, 0.2) is 0 Å². The molecule has 1 aliphatic carbocycles. The standard InChI is InChI=1S/C11H19NO3S/c1-11(2)7-6-9(13)8-12(11)16(14,15)10-4-3-5-10/h10H,3-8H2,1-2H3. The van der Waals surface area contributed by atoms with Gasteiger partial charge >= 0.3 is 0 Å². The van der Waals surface area contributed by atoms with Crippen LogP contribution in [0.5, 0.6) is 0 Å². The molecule has 1 saturated heterocycles. The van der Waals surface area contributed by atoms with Crippen molar-refractivity contribution in [3.63, 3.8) is 0 Å². The van der Waals surface area contributed by atoms with Crippen LogP contribution in [0.25, 0.3) is 0 Å². The fraction of sp³-hybridized carbons (Fsp3) is 0.909. The molecule has 0 unspecified atom stereocenters. The zero-order valence-electron chi connectivity index (χ0n) is 9.90. The van der Waals surface area contributed by atoms with Crippen molar-refractivity contribution in [2.45, 2.75) is 56.7 Å². The van der Waals surface area contributed by atoms with Crippen molar-refractivity contribution >= 4 is 15.8 Å². The second-order valence-corrected chi connectivity index (χ2v) is 7.59. The van der Waals surface area contributed by atoms with Crippen LogP contribution in [0.4, 0.5) is 0 Å². The van der Waals surface area contributed by atoms with Crippen molar-refractivity contribution < 1.29 is 13.2 Å². The van der Waals surface area contributed by atoms with E-state index in [1.54, 1.807) is 0 Å². The Balaban J connectivity index is 2.26. The van der Waals surface area contributed by atoms with Gasteiger partial charge in [0.05, 0.1) is 11.8 Å². The zero-order valence-corrected chi connectivity index (χ0v) is 10.7. The predicted octanol–water partition coefficient (Wildman–Crippen LogP) is 1.31. The van der Waals surface area contributed by atoms with Gasteiger partial charge in [0.25, 0.3) is 0 Å². The topological polar surface area (TPSA) is 54.5 Å². The molecule has 0 bridgehead atoms. The van der Waals surface area contributed by atoms with E-state index in [1.807, 2.05) is 13.8 Å². The summed E-state index contributed by atoms with van der Waals surface area (Å²) in [5.74, 6) is 0.0437. The molecule has 0 aromatic heterocycles. The molecule has 0 N–H and O–H groups in total. The lowest BCUT2D eigenvalue weighted by molar-refractivity contribution is -0.123. The molecular weight excluding hydrogens is 226 g/mol. The van der Waals surface area contributed by atoms with E-state index in [1.165, 1.54) is 4.31 Å². The average Bonchev–Trinajstić information content (AvgIpc) is 2.05. The van der Waals surface area contributed by atoms with E-state index in [9.17, 15) is 13.2 Å². The number of carbonyl (C=O) groups excluding carboxylic acids is 1. The number of hydrogen-bond donors (Lipinski definition) is 0. The summed E-state index contributed by atoms with van der Waals surface area (Å²) in [7, 11) is -3.25. The van der Waals surface area contributed by atoms with Gasteiger partial charge in [0.15, 0.2) is 0 Å². The van der Waals surface area contributed by atoms with E-state index in [0.717, 1.165) is 19.3 Å². The van der Waals surface area contributed by atoms with E-state index < -0.39 is 15.6 Å². The number of piperidine rings is 1. The number of Topliss-reactive ketones (excluding diaryl/α,β-unsaturated/α-hetero) is 1. The first-order chi connectivity index (χ1) is 7.34. The summed E-state index contributed by atoms with van der Waals surface area (Å²) in [4.78, 5) is 11.4. The minimum atomic E-state index is -3.25. The molecule has 2 rings (SSSR count). The highest BCUT2D eigenvalue weighted by atomic mass is 32.2. The molecule has 0 aromatic rings. The molecule has 5 heteroatoms. The minimum absolute atomic E-state index is 0.0437. The molecule has 0 aromatic carbocycles. The van der Waals surface area contributed by atoms with Gasteiger partial charge in [0.2, 0.25) is 10.0 Å². The largest absolute Gasteiger partial charge is 0.298 e. The fourth-order valence-electron chi connectivity index (χ4n) is 2.31. The maximum Gasteiger partial charge on any atom is 0.217 e. The van der Waals surface area contributed by atoms with Gasteiger partial charge in [-0.1, -0.05) is 6.42 Å². The normalized spacial score (nSPS) is 27.8. The molecule has 2 fully saturated rings. The summed E-state index contributed by atoms with van der Waals surface area (Å²) in [6.07, 6.45) is 3.64. The van der Waals surface area contributed by atoms with Crippen molar-refractivity contribution in [3.8, 4) is 0 Å². The van der Waals surface area contributed by atoms with Gasteiger partial charge in [-0.05, 0) is 33.1 Å². The quantitative estimate of drug-likeness (QED) is 0.737. The molecule has 92 valence electrons. The summed E-state index contributed by atoms with van der Waals surface area (Å²) in [6.45, 7) is 3.90. The van der Waals surface area contributed by atoms with Crippen LogP contribution in [-0.4, -0.2) is 35.8 Å². The maximum absolute atomic E-state index is 12.3. The van der Waals surface area contributed by atoms with E-state index in [-0.39, 0.29) is 17.6 Å². The highest BCUT2D eigenvalue weighted by Crippen LogP contribution is 2.35. The molecular formula is C11H19NO3S. The Hall–Kier alpha value is -0.420. The zero-order chi connectivity index (χ0) is 12.0. The first kappa shape index (κ1) is 12.0. The summed E-state index contributed by atoms with van der Waals surface area (Å²) in [6, 6.07) is 0. The number of nitrogens with zero attached hydrogens (tertiary/aromatic N) is 1. The first-order valence-electron chi connectivity index (χ1n) is 5.87. The lowest BCUT2D eigenvalue weighted by atomic mass is 9.93. The van der Waals surface area contributed by atoms with E-state index >= 15 is 0 Å². The van der Waals surface area contributed by atoms with Gasteiger partial charge < -0.3 is 0 Å². The molecule has 0 atom stereocenters. The summed E-state index contributed by atoms with van der Waals surface area (Å²) >= 11 is 0. The third-order valence-electron chi connectivity index (χ3n) is 3.79. The molecule has 1 aliphatic heterocycles. The Bertz CT molecular complexity index is 395. The molecule has 2 aliphatic rings. The summed E-state index contributed by atoms with van der Waals surface area (Å²) < 4.78 is 26.0. The number of ketones is 1. The second-order valence-electron chi connectivity index (χ2n) is 5.46. The van der Waals surface area contributed by atoms with Crippen LogP contribution in [0.3, 0.4) is 0 Å². The molecule has 4 nitrogen and oxygen atoms in total. The lowest BCUT2D eigenvalue weighted by Gasteiger charge is -2.43. The molecule has 1 heterocycles. The van der Waals surface area contributed by atoms with Crippen molar-refractivity contribution in [1.29, 1.82) is 0 Å². The lowest BCUT2D eigenvalue weighted by Crippen LogP contribution is -2.56. The predicted molar refractivity (Wildman–Crippen MR) is 61.6 cm³/mol. The minimum Gasteiger partial charge on any atom is -0.298 e. The average molecular weight is 245 g/mol. The van der Waals surface area contributed by atoms with Crippen molar-refractivity contribution in [1.82, 2.24) is 4.31 Å². The van der Waals surface area contributed by atoms with Gasteiger partial charge in [-0.3, -0.25) is 4.79 Å². The van der Waals surface area contributed by atoms with Gasteiger partial charge in [0, 0.05) is 12.0 Å². The van der Waals surface area contributed by atoms with E-state index in [2.05, 4.69) is 0 Å². The van der Waals surface area contributed by atoms with Crippen molar-refractivity contribution in [2.24, 2.45) is 0 Å². The van der Waals surface area contributed by atoms with E-state index in [0.29, 0.717) is 12.8 Å². The molecule has 0 spiro atoms. The maximum atomic E-state index is 12.3. The molecule has 16 heavy (non-hydrogen) atoms. The van der Waals surface area contributed by atoms with Crippen LogP contribution in [0.1, 0.15) is 46.0 Å². The third-order valence-corrected chi connectivity index (χ3v) is 6.34. The highest BCUT2D eigenvalue weighted by molar-refractivity contribution is 7.89. The monoisotopic (exact) mass is 245 g/mol. The Morgan fingerprint density at radius 2 is 1.94 bits per heavy atom. The number of carbonyl (C=O) groups is 1. The first-order valence-corrected chi connectivity index (χ1v) is 7.38. The van der Waals surface area contributed by atoms with Gasteiger partial charge in [-0.2, -0.15) is 4.31 Å². The SMILES string of the molecule is CC1(C)CCC(=O)CN1S(=O)(=O)C1CCC1. The Morgan fingerprint density at radius 3 is 2.44 bits per heavy atom. The summed E-state index contributed by atoms with van der Waals surface area (Å²) in [5, 5.41) is -0.238. The fourth-order valence-corrected chi connectivity index (χ4v) is 4.70. The van der Waals surface area contributed by atoms with E-state index in [4.69, 9.17) is 0 Å². The van der Waals surface area contributed by atoms with Crippen LogP contribution < -0.4 is 0 Å². The number of sulfonamides is 1. The number of hydrogen-bond acceptors (Lipinski definition) is 3. The van der Waals surface area contributed by atoms with Crippen molar-refractivity contribution in [3.05, 3.63) is 0 Å². The Kier molecular flexibility index (Phi) is 2.87. The Labute approximate surface area is 97.1 Å².